The minimum absolute atomic E-state index is 0.177. The Morgan fingerprint density at radius 3 is 2.25 bits per heavy atom. The predicted molar refractivity (Wildman–Crippen MR) is 68.7 cm³/mol. The van der Waals surface area contributed by atoms with Crippen molar-refractivity contribution in [1.82, 2.24) is 10.6 Å². The molecule has 3 N–H and O–H groups in total. The number of aliphatic carboxylic acids is 1. The molecule has 2 amide bonds. The number of hydrogen-bond acceptors (Lipinski definition) is 5. The van der Waals surface area contributed by atoms with Gasteiger partial charge in [-0.3, -0.25) is 14.4 Å². The number of rotatable bonds is 8. The standard InChI is InChI=1S/C12H20N2O6/c1-7(2)4-9(14-8(3)15)12(19)13-5-11(18)20-6-10(16)17/h7,9H,4-6H2,1-3H3,(H,13,19)(H,14,15)(H,16,17)/t9-/m0/s1. The molecule has 114 valence electrons. The van der Waals surface area contributed by atoms with Gasteiger partial charge in [-0.05, 0) is 12.3 Å². The van der Waals surface area contributed by atoms with E-state index >= 15 is 0 Å². The second-order valence-corrected chi connectivity index (χ2v) is 4.65. The third-order valence-corrected chi connectivity index (χ3v) is 2.16. The number of carbonyl (C=O) groups is 4. The number of carboxylic acids is 1. The molecular weight excluding hydrogens is 268 g/mol. The number of nitrogens with one attached hydrogen (secondary N) is 2. The average Bonchev–Trinajstić information content (AvgIpc) is 2.31. The molecule has 0 saturated heterocycles. The smallest absolute Gasteiger partial charge is 0.341 e. The highest BCUT2D eigenvalue weighted by atomic mass is 16.5. The molecule has 0 unspecified atom stereocenters. The van der Waals surface area contributed by atoms with Crippen LogP contribution in [-0.2, 0) is 23.9 Å². The molecule has 0 aliphatic rings. The van der Waals surface area contributed by atoms with Crippen LogP contribution < -0.4 is 10.6 Å². The maximum Gasteiger partial charge on any atom is 0.341 e. The lowest BCUT2D eigenvalue weighted by Gasteiger charge is -2.19. The van der Waals surface area contributed by atoms with Crippen LogP contribution in [0.25, 0.3) is 0 Å². The summed E-state index contributed by atoms with van der Waals surface area (Å²) < 4.78 is 4.36. The van der Waals surface area contributed by atoms with Crippen LogP contribution in [0.2, 0.25) is 0 Å². The summed E-state index contributed by atoms with van der Waals surface area (Å²) >= 11 is 0. The maximum absolute atomic E-state index is 11.8. The molecule has 0 rings (SSSR count). The van der Waals surface area contributed by atoms with Crippen molar-refractivity contribution < 1.29 is 29.0 Å². The van der Waals surface area contributed by atoms with E-state index < -0.39 is 37.0 Å². The van der Waals surface area contributed by atoms with Crippen LogP contribution in [0, 0.1) is 5.92 Å². The Morgan fingerprint density at radius 2 is 1.80 bits per heavy atom. The Bertz CT molecular complexity index is 380. The van der Waals surface area contributed by atoms with Crippen molar-refractivity contribution in [2.45, 2.75) is 33.2 Å². The Morgan fingerprint density at radius 1 is 1.20 bits per heavy atom. The lowest BCUT2D eigenvalue weighted by molar-refractivity contribution is -0.154. The Hall–Kier alpha value is -2.12. The summed E-state index contributed by atoms with van der Waals surface area (Å²) in [5.41, 5.74) is 0. The number of hydrogen-bond donors (Lipinski definition) is 3. The summed E-state index contributed by atoms with van der Waals surface area (Å²) in [6.07, 6.45) is 0.426. The Labute approximate surface area is 116 Å². The molecule has 0 spiro atoms. The van der Waals surface area contributed by atoms with Crippen LogP contribution in [-0.4, -0.2) is 48.1 Å². The first-order chi connectivity index (χ1) is 9.22. The largest absolute Gasteiger partial charge is 0.479 e. The average molecular weight is 288 g/mol. The van der Waals surface area contributed by atoms with Crippen LogP contribution in [0.4, 0.5) is 0 Å². The molecule has 8 nitrogen and oxygen atoms in total. The van der Waals surface area contributed by atoms with Crippen molar-refractivity contribution in [1.29, 1.82) is 0 Å². The fourth-order valence-corrected chi connectivity index (χ4v) is 1.42. The fourth-order valence-electron chi connectivity index (χ4n) is 1.42. The minimum Gasteiger partial charge on any atom is -0.479 e. The summed E-state index contributed by atoms with van der Waals surface area (Å²) in [5.74, 6) is -2.82. The van der Waals surface area contributed by atoms with Crippen LogP contribution in [0.1, 0.15) is 27.2 Å². The monoisotopic (exact) mass is 288 g/mol. The molecule has 20 heavy (non-hydrogen) atoms. The summed E-state index contributed by atoms with van der Waals surface area (Å²) in [5, 5.41) is 13.1. The Balaban J connectivity index is 4.27. The van der Waals surface area contributed by atoms with E-state index in [1.807, 2.05) is 13.8 Å². The van der Waals surface area contributed by atoms with Crippen molar-refractivity contribution in [2.24, 2.45) is 5.92 Å². The Kier molecular flexibility index (Phi) is 7.95. The highest BCUT2D eigenvalue weighted by Gasteiger charge is 2.21. The van der Waals surface area contributed by atoms with Gasteiger partial charge in [0.1, 0.15) is 12.6 Å². The van der Waals surface area contributed by atoms with Gasteiger partial charge < -0.3 is 20.5 Å². The highest BCUT2D eigenvalue weighted by molar-refractivity contribution is 5.89. The van der Waals surface area contributed by atoms with E-state index in [0.717, 1.165) is 0 Å². The van der Waals surface area contributed by atoms with E-state index in [1.165, 1.54) is 6.92 Å². The van der Waals surface area contributed by atoms with Gasteiger partial charge in [-0.15, -0.1) is 0 Å². The number of amides is 2. The third-order valence-electron chi connectivity index (χ3n) is 2.16. The SMILES string of the molecule is CC(=O)N[C@@H](CC(C)C)C(=O)NCC(=O)OCC(=O)O. The fraction of sp³-hybridized carbons (Fsp3) is 0.667. The zero-order valence-electron chi connectivity index (χ0n) is 11.8. The first-order valence-corrected chi connectivity index (χ1v) is 6.14. The molecule has 0 aliphatic carbocycles. The molecule has 0 saturated carbocycles. The van der Waals surface area contributed by atoms with Crippen LogP contribution >= 0.6 is 0 Å². The van der Waals surface area contributed by atoms with Crippen molar-refractivity contribution >= 4 is 23.8 Å². The normalized spacial score (nSPS) is 11.6. The molecule has 0 aromatic carbocycles. The quantitative estimate of drug-likeness (QED) is 0.507. The zero-order chi connectivity index (χ0) is 15.7. The van der Waals surface area contributed by atoms with Gasteiger partial charge in [0.05, 0.1) is 0 Å². The van der Waals surface area contributed by atoms with E-state index in [0.29, 0.717) is 6.42 Å². The maximum atomic E-state index is 11.8. The lowest BCUT2D eigenvalue weighted by Crippen LogP contribution is -2.48. The first kappa shape index (κ1) is 17.9. The van der Waals surface area contributed by atoms with E-state index in [4.69, 9.17) is 5.11 Å². The molecule has 0 aromatic heterocycles. The summed E-state index contributed by atoms with van der Waals surface area (Å²) in [6, 6.07) is -0.736. The van der Waals surface area contributed by atoms with Gasteiger partial charge in [-0.25, -0.2) is 4.79 Å². The van der Waals surface area contributed by atoms with Crippen LogP contribution in [0.15, 0.2) is 0 Å². The van der Waals surface area contributed by atoms with E-state index in [-0.39, 0.29) is 11.8 Å². The van der Waals surface area contributed by atoms with Crippen molar-refractivity contribution in [3.63, 3.8) is 0 Å². The minimum atomic E-state index is -1.28. The molecule has 0 heterocycles. The summed E-state index contributed by atoms with van der Waals surface area (Å²) in [6.45, 7) is 3.88. The van der Waals surface area contributed by atoms with Crippen LogP contribution in [0.5, 0.6) is 0 Å². The molecule has 8 heteroatoms. The van der Waals surface area contributed by atoms with E-state index in [9.17, 15) is 19.2 Å². The van der Waals surface area contributed by atoms with Crippen molar-refractivity contribution in [3.8, 4) is 0 Å². The number of carbonyl (C=O) groups excluding carboxylic acids is 3. The van der Waals surface area contributed by atoms with Gasteiger partial charge in [0.25, 0.3) is 0 Å². The van der Waals surface area contributed by atoms with Gasteiger partial charge in [-0.1, -0.05) is 13.8 Å². The molecule has 0 aliphatic heterocycles. The van der Waals surface area contributed by atoms with Crippen LogP contribution in [0.3, 0.4) is 0 Å². The molecule has 0 aromatic rings. The summed E-state index contributed by atoms with van der Waals surface area (Å²) in [7, 11) is 0. The molecule has 0 bridgehead atoms. The molecule has 1 atom stereocenters. The van der Waals surface area contributed by atoms with Crippen molar-refractivity contribution in [3.05, 3.63) is 0 Å². The van der Waals surface area contributed by atoms with E-state index in [2.05, 4.69) is 15.4 Å². The molecule has 0 fully saturated rings. The highest BCUT2D eigenvalue weighted by Crippen LogP contribution is 2.04. The third kappa shape index (κ3) is 8.90. The number of ether oxygens (including phenoxy) is 1. The van der Waals surface area contributed by atoms with Crippen molar-refractivity contribution in [2.75, 3.05) is 13.2 Å². The number of esters is 1. The second kappa shape index (κ2) is 8.89. The van der Waals surface area contributed by atoms with Gasteiger partial charge in [0.2, 0.25) is 11.8 Å². The predicted octanol–water partition coefficient (Wildman–Crippen LogP) is -0.719. The van der Waals surface area contributed by atoms with Gasteiger partial charge in [0, 0.05) is 6.92 Å². The molecule has 0 radical (unpaired) electrons. The topological polar surface area (TPSA) is 122 Å². The summed E-state index contributed by atoms with van der Waals surface area (Å²) in [4.78, 5) is 44.1. The molecular formula is C12H20N2O6. The first-order valence-electron chi connectivity index (χ1n) is 6.14. The second-order valence-electron chi connectivity index (χ2n) is 4.65. The lowest BCUT2D eigenvalue weighted by atomic mass is 10.0. The van der Waals surface area contributed by atoms with Gasteiger partial charge in [0.15, 0.2) is 6.61 Å². The zero-order valence-corrected chi connectivity index (χ0v) is 11.8. The number of carboxylic acid groups (broad SMARTS) is 1. The van der Waals surface area contributed by atoms with Gasteiger partial charge in [-0.2, -0.15) is 0 Å². The van der Waals surface area contributed by atoms with E-state index in [1.54, 1.807) is 0 Å². The van der Waals surface area contributed by atoms with Gasteiger partial charge >= 0.3 is 11.9 Å².